The Morgan fingerprint density at radius 1 is 1.42 bits per heavy atom. The predicted molar refractivity (Wildman–Crippen MR) is 89.0 cm³/mol. The average molecular weight is 367 g/mol. The lowest BCUT2D eigenvalue weighted by Crippen LogP contribution is -2.22. The third kappa shape index (κ3) is 4.09. The van der Waals surface area contributed by atoms with Crippen LogP contribution in [0.3, 0.4) is 0 Å². The molecule has 1 aliphatic rings. The lowest BCUT2D eigenvalue weighted by Gasteiger charge is -2.22. The summed E-state index contributed by atoms with van der Waals surface area (Å²) in [5.41, 5.74) is 2.68. The highest BCUT2D eigenvalue weighted by atomic mass is 127. The van der Waals surface area contributed by atoms with Crippen molar-refractivity contribution in [1.82, 2.24) is 10.3 Å². The minimum atomic E-state index is 0.590. The molecule has 1 aromatic rings. The summed E-state index contributed by atoms with van der Waals surface area (Å²) in [5.74, 6) is 2.14. The van der Waals surface area contributed by atoms with Crippen LogP contribution in [0.4, 0.5) is 5.82 Å². The van der Waals surface area contributed by atoms with Crippen LogP contribution in [0, 0.1) is 5.92 Å². The second-order valence-corrected chi connectivity index (χ2v) is 5.38. The molecule has 1 aromatic heterocycles. The van der Waals surface area contributed by atoms with Gasteiger partial charge in [0.25, 0.3) is 0 Å². The van der Waals surface area contributed by atoms with Gasteiger partial charge in [0.15, 0.2) is 0 Å². The van der Waals surface area contributed by atoms with Crippen molar-refractivity contribution in [3.63, 3.8) is 0 Å². The third-order valence-electron chi connectivity index (χ3n) is 3.07. The number of hydrogen-bond acceptors (Lipinski definition) is 3. The molecule has 0 fully saturated rings. The highest BCUT2D eigenvalue weighted by Gasteiger charge is 2.14. The van der Waals surface area contributed by atoms with Crippen molar-refractivity contribution in [3.8, 4) is 0 Å². The minimum absolute atomic E-state index is 0.590. The quantitative estimate of drug-likeness (QED) is 0.613. The van der Waals surface area contributed by atoms with Crippen molar-refractivity contribution >= 4 is 28.4 Å². The molecule has 100 valence electrons. The van der Waals surface area contributed by atoms with Gasteiger partial charge in [-0.25, -0.2) is 4.98 Å². The van der Waals surface area contributed by atoms with Gasteiger partial charge in [-0.1, -0.05) is 53.8 Å². The van der Waals surface area contributed by atoms with Gasteiger partial charge >= 0.3 is 0 Å². The number of nitrogens with zero attached hydrogens (tertiary/aromatic N) is 1. The monoisotopic (exact) mass is 367 g/mol. The van der Waals surface area contributed by atoms with E-state index in [0.717, 1.165) is 22.5 Å². The van der Waals surface area contributed by atoms with Gasteiger partial charge in [0.2, 0.25) is 0 Å². The summed E-state index contributed by atoms with van der Waals surface area (Å²) in [6, 6.07) is 5.75. The number of hydrogen-bond donors (Lipinski definition) is 2. The largest absolute Gasteiger partial charge is 0.346 e. The molecular formula is C15H18IN3. The Morgan fingerprint density at radius 3 is 2.89 bits per heavy atom. The first-order valence-electron chi connectivity index (χ1n) is 6.28. The number of halogens is 1. The fraction of sp³-hybridized carbons (Fsp3) is 0.267. The van der Waals surface area contributed by atoms with Crippen LogP contribution in [0.25, 0.3) is 0 Å². The van der Waals surface area contributed by atoms with Gasteiger partial charge in [0, 0.05) is 16.3 Å². The maximum atomic E-state index is 4.21. The fourth-order valence-electron chi connectivity index (χ4n) is 1.99. The van der Waals surface area contributed by atoms with E-state index in [1.165, 1.54) is 11.3 Å². The number of aromatic nitrogens is 1. The molecule has 0 bridgehead atoms. The molecule has 0 radical (unpaired) electrons. The van der Waals surface area contributed by atoms with Gasteiger partial charge in [-0.15, -0.1) is 0 Å². The molecule has 0 saturated carbocycles. The van der Waals surface area contributed by atoms with Gasteiger partial charge in [-0.05, 0) is 30.5 Å². The van der Waals surface area contributed by atoms with Crippen LogP contribution >= 0.6 is 22.6 Å². The van der Waals surface area contributed by atoms with E-state index in [9.17, 15) is 0 Å². The van der Waals surface area contributed by atoms with Crippen molar-refractivity contribution in [2.75, 3.05) is 9.74 Å². The Labute approximate surface area is 128 Å². The first-order valence-corrected chi connectivity index (χ1v) is 7.81. The fourth-order valence-corrected chi connectivity index (χ4v) is 2.99. The molecule has 0 saturated heterocycles. The van der Waals surface area contributed by atoms with Crippen LogP contribution in [-0.4, -0.2) is 9.41 Å². The first-order chi connectivity index (χ1) is 9.19. The molecule has 1 atom stereocenters. The Hall–Kier alpha value is -1.30. The number of pyridine rings is 1. The van der Waals surface area contributed by atoms with Gasteiger partial charge in [-0.3, -0.25) is 0 Å². The van der Waals surface area contributed by atoms with Crippen LogP contribution < -0.4 is 10.6 Å². The molecule has 1 aliphatic carbocycles. The molecule has 1 unspecified atom stereocenters. The molecule has 0 aliphatic heterocycles. The highest BCUT2D eigenvalue weighted by molar-refractivity contribution is 14.1. The Morgan fingerprint density at radius 2 is 2.26 bits per heavy atom. The lowest BCUT2D eigenvalue weighted by atomic mass is 9.93. The average Bonchev–Trinajstić information content (AvgIpc) is 2.40. The summed E-state index contributed by atoms with van der Waals surface area (Å²) in [6.07, 6.45) is 7.13. The molecule has 0 amide bonds. The molecule has 0 spiro atoms. The van der Waals surface area contributed by atoms with E-state index in [0.29, 0.717) is 5.92 Å². The maximum absolute atomic E-state index is 4.21. The van der Waals surface area contributed by atoms with Crippen molar-refractivity contribution < 1.29 is 0 Å². The molecule has 2 N–H and O–H groups in total. The van der Waals surface area contributed by atoms with Crippen LogP contribution in [0.2, 0.25) is 0 Å². The number of alkyl halides is 1. The van der Waals surface area contributed by atoms with Gasteiger partial charge in [0.1, 0.15) is 11.6 Å². The molecular weight excluding hydrogens is 349 g/mol. The van der Waals surface area contributed by atoms with E-state index in [1.807, 2.05) is 18.2 Å². The normalized spacial score (nSPS) is 18.3. The summed E-state index contributed by atoms with van der Waals surface area (Å²) in [6.45, 7) is 6.24. The number of nitrogens with one attached hydrogen (secondary N) is 2. The Balaban J connectivity index is 1.93. The third-order valence-corrected chi connectivity index (χ3v) is 3.95. The summed E-state index contributed by atoms with van der Waals surface area (Å²) in [7, 11) is 0. The van der Waals surface area contributed by atoms with Crippen LogP contribution in [0.15, 0.2) is 60.2 Å². The molecule has 0 aromatic carbocycles. The Kier molecular flexibility index (Phi) is 5.01. The summed E-state index contributed by atoms with van der Waals surface area (Å²) >= 11 is 2.41. The van der Waals surface area contributed by atoms with Gasteiger partial charge in [-0.2, -0.15) is 0 Å². The van der Waals surface area contributed by atoms with E-state index < -0.39 is 0 Å². The zero-order valence-electron chi connectivity index (χ0n) is 11.0. The molecule has 19 heavy (non-hydrogen) atoms. The second kappa shape index (κ2) is 6.75. The zero-order valence-corrected chi connectivity index (χ0v) is 13.1. The standard InChI is InChI=1S/C15H18IN3/c1-11-9-14(7-6-13(11)10-16)18-12(2)19-15-5-3-4-8-17-15/h3-8,11,18H,2,9-10H2,1H3,(H,17,19). The minimum Gasteiger partial charge on any atom is -0.346 e. The van der Waals surface area contributed by atoms with E-state index in [1.54, 1.807) is 6.20 Å². The summed E-state index contributed by atoms with van der Waals surface area (Å²) < 4.78 is 1.09. The SMILES string of the molecule is C=C(NC1=CC=C(CI)C(C)C1)Nc1ccccn1. The predicted octanol–water partition coefficient (Wildman–Crippen LogP) is 3.84. The number of anilines is 1. The Bertz CT molecular complexity index is 505. The van der Waals surface area contributed by atoms with Crippen molar-refractivity contribution in [3.05, 3.63) is 60.2 Å². The zero-order chi connectivity index (χ0) is 13.7. The molecule has 1 heterocycles. The maximum Gasteiger partial charge on any atom is 0.131 e. The molecule has 4 heteroatoms. The van der Waals surface area contributed by atoms with Crippen LogP contribution in [0.1, 0.15) is 13.3 Å². The van der Waals surface area contributed by atoms with E-state index >= 15 is 0 Å². The summed E-state index contributed by atoms with van der Waals surface area (Å²) in [5, 5.41) is 6.46. The number of rotatable bonds is 5. The van der Waals surface area contributed by atoms with E-state index in [2.05, 4.69) is 63.9 Å². The topological polar surface area (TPSA) is 37.0 Å². The van der Waals surface area contributed by atoms with Crippen molar-refractivity contribution in [2.45, 2.75) is 13.3 Å². The van der Waals surface area contributed by atoms with Crippen LogP contribution in [-0.2, 0) is 0 Å². The molecule has 2 rings (SSSR count). The van der Waals surface area contributed by atoms with Crippen molar-refractivity contribution in [1.29, 1.82) is 0 Å². The van der Waals surface area contributed by atoms with Gasteiger partial charge in [0.05, 0.1) is 0 Å². The number of allylic oxidation sites excluding steroid dienone is 4. The summed E-state index contributed by atoms with van der Waals surface area (Å²) in [4.78, 5) is 4.21. The van der Waals surface area contributed by atoms with E-state index in [-0.39, 0.29) is 0 Å². The second-order valence-electron chi connectivity index (χ2n) is 4.62. The highest BCUT2D eigenvalue weighted by Crippen LogP contribution is 2.25. The smallest absolute Gasteiger partial charge is 0.131 e. The van der Waals surface area contributed by atoms with E-state index in [4.69, 9.17) is 0 Å². The van der Waals surface area contributed by atoms with Gasteiger partial charge < -0.3 is 10.6 Å². The van der Waals surface area contributed by atoms with Crippen LogP contribution in [0.5, 0.6) is 0 Å². The lowest BCUT2D eigenvalue weighted by molar-refractivity contribution is 0.639. The first kappa shape index (κ1) is 14.1. The molecule has 3 nitrogen and oxygen atoms in total. The van der Waals surface area contributed by atoms with Crippen molar-refractivity contribution in [2.24, 2.45) is 5.92 Å².